The van der Waals surface area contributed by atoms with Crippen LogP contribution >= 0.6 is 15.9 Å². The van der Waals surface area contributed by atoms with Gasteiger partial charge in [0.1, 0.15) is 5.76 Å². The van der Waals surface area contributed by atoms with E-state index in [0.29, 0.717) is 11.8 Å². The fraction of sp³-hybridized carbons (Fsp3) is 0.643. The Kier molecular flexibility index (Phi) is 4.87. The molecule has 0 atom stereocenters. The van der Waals surface area contributed by atoms with Crippen LogP contribution in [0.15, 0.2) is 16.5 Å². The van der Waals surface area contributed by atoms with Crippen LogP contribution in [-0.4, -0.2) is 17.3 Å². The van der Waals surface area contributed by atoms with Crippen molar-refractivity contribution in [3.05, 3.63) is 23.7 Å². The number of hydrogen-bond donors (Lipinski definition) is 1. The summed E-state index contributed by atoms with van der Waals surface area (Å²) in [5.41, 5.74) is 0. The molecule has 0 saturated heterocycles. The first kappa shape index (κ1) is 13.7. The van der Waals surface area contributed by atoms with E-state index in [1.807, 2.05) is 13.0 Å². The second kappa shape index (κ2) is 6.41. The molecule has 0 aromatic carbocycles. The molecule has 0 radical (unpaired) electrons. The molecule has 1 fully saturated rings. The Morgan fingerprint density at radius 1 is 1.39 bits per heavy atom. The number of rotatable bonds is 4. The van der Waals surface area contributed by atoms with Crippen molar-refractivity contribution in [1.29, 1.82) is 0 Å². The summed E-state index contributed by atoms with van der Waals surface area (Å²) >= 11 is 3.53. The van der Waals surface area contributed by atoms with Crippen molar-refractivity contribution in [2.75, 3.05) is 5.33 Å². The minimum Gasteiger partial charge on any atom is -0.456 e. The van der Waals surface area contributed by atoms with E-state index < -0.39 is 0 Å². The average Bonchev–Trinajstić information content (AvgIpc) is 2.88. The molecule has 0 bridgehead atoms. The summed E-state index contributed by atoms with van der Waals surface area (Å²) in [7, 11) is 0. The lowest BCUT2D eigenvalue weighted by molar-refractivity contribution is 0.0893. The molecule has 1 N–H and O–H groups in total. The number of furan rings is 1. The molecule has 1 aliphatic carbocycles. The van der Waals surface area contributed by atoms with Gasteiger partial charge in [-0.1, -0.05) is 22.9 Å². The lowest BCUT2D eigenvalue weighted by Gasteiger charge is -2.27. The van der Waals surface area contributed by atoms with Crippen LogP contribution < -0.4 is 5.32 Å². The maximum Gasteiger partial charge on any atom is 0.287 e. The van der Waals surface area contributed by atoms with E-state index in [1.165, 1.54) is 12.8 Å². The van der Waals surface area contributed by atoms with E-state index in [4.69, 9.17) is 4.42 Å². The molecule has 1 aromatic heterocycles. The van der Waals surface area contributed by atoms with Gasteiger partial charge in [-0.2, -0.15) is 0 Å². The van der Waals surface area contributed by atoms with E-state index in [1.54, 1.807) is 6.07 Å². The first-order valence-corrected chi connectivity index (χ1v) is 7.80. The summed E-state index contributed by atoms with van der Waals surface area (Å²) in [4.78, 5) is 12.0. The number of alkyl halides is 1. The van der Waals surface area contributed by atoms with Crippen LogP contribution in [0.4, 0.5) is 0 Å². The maximum atomic E-state index is 12.0. The minimum absolute atomic E-state index is 0.0722. The topological polar surface area (TPSA) is 42.2 Å². The fourth-order valence-electron chi connectivity index (χ4n) is 2.41. The van der Waals surface area contributed by atoms with Gasteiger partial charge in [0.15, 0.2) is 5.76 Å². The van der Waals surface area contributed by atoms with Gasteiger partial charge in [-0.05, 0) is 43.7 Å². The highest BCUT2D eigenvalue weighted by molar-refractivity contribution is 9.09. The van der Waals surface area contributed by atoms with Crippen molar-refractivity contribution in [3.63, 3.8) is 0 Å². The molecule has 1 saturated carbocycles. The number of hydrogen-bond acceptors (Lipinski definition) is 2. The Labute approximate surface area is 116 Å². The summed E-state index contributed by atoms with van der Waals surface area (Å²) in [5.74, 6) is 2.00. The van der Waals surface area contributed by atoms with Crippen LogP contribution in [0.25, 0.3) is 0 Å². The first-order chi connectivity index (χ1) is 8.72. The monoisotopic (exact) mass is 313 g/mol. The smallest absolute Gasteiger partial charge is 0.287 e. The quantitative estimate of drug-likeness (QED) is 0.864. The minimum atomic E-state index is -0.0722. The van der Waals surface area contributed by atoms with E-state index in [-0.39, 0.29) is 5.91 Å². The SMILES string of the molecule is CCc1ccc(C(=O)NC2CCC(CBr)CC2)o1. The fourth-order valence-corrected chi connectivity index (χ4v) is 3.06. The molecule has 4 heteroatoms. The molecule has 1 aliphatic rings. The molecule has 18 heavy (non-hydrogen) atoms. The molecular formula is C14H20BrNO2. The predicted molar refractivity (Wildman–Crippen MR) is 75.1 cm³/mol. The van der Waals surface area contributed by atoms with E-state index in [9.17, 15) is 4.79 Å². The molecule has 1 aromatic rings. The molecule has 0 unspecified atom stereocenters. The predicted octanol–water partition coefficient (Wildman–Crippen LogP) is 3.53. The van der Waals surface area contributed by atoms with Gasteiger partial charge in [0.05, 0.1) is 0 Å². The highest BCUT2D eigenvalue weighted by Gasteiger charge is 2.22. The normalized spacial score (nSPS) is 23.9. The first-order valence-electron chi connectivity index (χ1n) is 6.68. The lowest BCUT2D eigenvalue weighted by atomic mass is 9.87. The summed E-state index contributed by atoms with van der Waals surface area (Å²) in [5, 5.41) is 4.14. The van der Waals surface area contributed by atoms with Crippen molar-refractivity contribution >= 4 is 21.8 Å². The van der Waals surface area contributed by atoms with Crippen LogP contribution in [0.1, 0.15) is 48.9 Å². The lowest BCUT2D eigenvalue weighted by Crippen LogP contribution is -2.37. The summed E-state index contributed by atoms with van der Waals surface area (Å²) in [6.07, 6.45) is 5.35. The molecule has 2 rings (SSSR count). The molecule has 100 valence electrons. The van der Waals surface area contributed by atoms with E-state index >= 15 is 0 Å². The van der Waals surface area contributed by atoms with Crippen molar-refractivity contribution in [2.45, 2.75) is 45.1 Å². The zero-order valence-corrected chi connectivity index (χ0v) is 12.3. The third-order valence-corrected chi connectivity index (χ3v) is 4.55. The van der Waals surface area contributed by atoms with Gasteiger partial charge in [0, 0.05) is 17.8 Å². The second-order valence-electron chi connectivity index (χ2n) is 4.96. The third-order valence-electron chi connectivity index (χ3n) is 3.63. The number of halogens is 1. The standard InChI is InChI=1S/C14H20BrNO2/c1-2-12-7-8-13(18-12)14(17)16-11-5-3-10(9-15)4-6-11/h7-8,10-11H,2-6,9H2,1H3,(H,16,17). The molecule has 1 amide bonds. The van der Waals surface area contributed by atoms with Crippen LogP contribution in [0, 0.1) is 5.92 Å². The number of amides is 1. The number of aryl methyl sites for hydroxylation is 1. The Morgan fingerprint density at radius 2 is 2.11 bits per heavy atom. The van der Waals surface area contributed by atoms with Gasteiger partial charge in [-0.3, -0.25) is 4.79 Å². The van der Waals surface area contributed by atoms with Crippen molar-refractivity contribution in [1.82, 2.24) is 5.32 Å². The zero-order chi connectivity index (χ0) is 13.0. The van der Waals surface area contributed by atoms with Crippen molar-refractivity contribution in [2.24, 2.45) is 5.92 Å². The van der Waals surface area contributed by atoms with Crippen molar-refractivity contribution < 1.29 is 9.21 Å². The summed E-state index contributed by atoms with van der Waals surface area (Å²) < 4.78 is 5.46. The van der Waals surface area contributed by atoms with Gasteiger partial charge < -0.3 is 9.73 Å². The van der Waals surface area contributed by atoms with Gasteiger partial charge in [0.2, 0.25) is 0 Å². The summed E-state index contributed by atoms with van der Waals surface area (Å²) in [6.45, 7) is 2.02. The van der Waals surface area contributed by atoms with Crippen molar-refractivity contribution in [3.8, 4) is 0 Å². The Balaban J connectivity index is 1.84. The Morgan fingerprint density at radius 3 is 2.67 bits per heavy atom. The largest absolute Gasteiger partial charge is 0.456 e. The molecule has 3 nitrogen and oxygen atoms in total. The highest BCUT2D eigenvalue weighted by Crippen LogP contribution is 2.25. The molecule has 1 heterocycles. The number of carbonyl (C=O) groups excluding carboxylic acids is 1. The number of carbonyl (C=O) groups is 1. The second-order valence-corrected chi connectivity index (χ2v) is 5.61. The zero-order valence-electron chi connectivity index (χ0n) is 10.7. The maximum absolute atomic E-state index is 12.0. The van der Waals surface area contributed by atoms with E-state index in [0.717, 1.165) is 36.3 Å². The average molecular weight is 314 g/mol. The van der Waals surface area contributed by atoms with Crippen LogP contribution in [0.3, 0.4) is 0 Å². The van der Waals surface area contributed by atoms with Gasteiger partial charge >= 0.3 is 0 Å². The summed E-state index contributed by atoms with van der Waals surface area (Å²) in [6, 6.07) is 3.94. The molecule has 0 spiro atoms. The number of nitrogens with one attached hydrogen (secondary N) is 1. The third kappa shape index (κ3) is 3.37. The molecule has 0 aliphatic heterocycles. The Bertz CT molecular complexity index is 394. The Hall–Kier alpha value is -0.770. The van der Waals surface area contributed by atoms with Crippen LogP contribution in [0.2, 0.25) is 0 Å². The van der Waals surface area contributed by atoms with Gasteiger partial charge in [-0.15, -0.1) is 0 Å². The molecular weight excluding hydrogens is 294 g/mol. The highest BCUT2D eigenvalue weighted by atomic mass is 79.9. The van der Waals surface area contributed by atoms with Crippen LogP contribution in [0.5, 0.6) is 0 Å². The van der Waals surface area contributed by atoms with Gasteiger partial charge in [0.25, 0.3) is 5.91 Å². The van der Waals surface area contributed by atoms with E-state index in [2.05, 4.69) is 21.2 Å². The van der Waals surface area contributed by atoms with Crippen LogP contribution in [-0.2, 0) is 6.42 Å². The van der Waals surface area contributed by atoms with Gasteiger partial charge in [-0.25, -0.2) is 0 Å².